The first-order chi connectivity index (χ1) is 11.4. The van der Waals surface area contributed by atoms with Gasteiger partial charge in [0, 0.05) is 13.3 Å². The lowest BCUT2D eigenvalue weighted by atomic mass is 10.0. The third kappa shape index (κ3) is 6.20. The van der Waals surface area contributed by atoms with Crippen molar-refractivity contribution in [2.75, 3.05) is 7.11 Å². The number of hydrogen-bond donors (Lipinski definition) is 2. The summed E-state index contributed by atoms with van der Waals surface area (Å²) in [6, 6.07) is 3.81. The minimum Gasteiger partial charge on any atom is -0.467 e. The fraction of sp³-hybridized carbons (Fsp3) is 0.353. The molecule has 1 aromatic rings. The molecule has 2 N–H and O–H groups in total. The molecule has 0 bridgehead atoms. The first-order valence-electron chi connectivity index (χ1n) is 7.38. The van der Waals surface area contributed by atoms with Crippen LogP contribution >= 0.6 is 0 Å². The van der Waals surface area contributed by atoms with Crippen molar-refractivity contribution >= 4 is 17.8 Å². The number of methoxy groups -OCH3 is 1. The van der Waals surface area contributed by atoms with Crippen molar-refractivity contribution < 1.29 is 23.5 Å². The van der Waals surface area contributed by atoms with E-state index >= 15 is 0 Å². The lowest BCUT2D eigenvalue weighted by molar-refractivity contribution is -0.145. The summed E-state index contributed by atoms with van der Waals surface area (Å²) in [5, 5.41) is 5.06. The van der Waals surface area contributed by atoms with E-state index in [0.29, 0.717) is 5.56 Å². The molecule has 24 heavy (non-hydrogen) atoms. The third-order valence-corrected chi connectivity index (χ3v) is 3.25. The Bertz CT molecular complexity index is 601. The fourth-order valence-corrected chi connectivity index (χ4v) is 2.11. The van der Waals surface area contributed by atoms with Crippen LogP contribution in [0.5, 0.6) is 0 Å². The van der Waals surface area contributed by atoms with Crippen molar-refractivity contribution in [3.63, 3.8) is 0 Å². The molecule has 130 valence electrons. The van der Waals surface area contributed by atoms with Gasteiger partial charge in [0.2, 0.25) is 11.8 Å². The molecule has 1 rings (SSSR count). The topological polar surface area (TPSA) is 84.5 Å². The summed E-state index contributed by atoms with van der Waals surface area (Å²) < 4.78 is 17.6. The second-order valence-corrected chi connectivity index (χ2v) is 5.19. The Labute approximate surface area is 140 Å². The number of hydrogen-bond acceptors (Lipinski definition) is 4. The van der Waals surface area contributed by atoms with Gasteiger partial charge in [-0.3, -0.25) is 9.59 Å². The van der Waals surface area contributed by atoms with E-state index in [4.69, 9.17) is 0 Å². The van der Waals surface area contributed by atoms with E-state index in [1.807, 2.05) is 0 Å². The smallest absolute Gasteiger partial charge is 0.328 e. The molecule has 0 saturated heterocycles. The predicted molar refractivity (Wildman–Crippen MR) is 86.5 cm³/mol. The maximum absolute atomic E-state index is 13.0. The van der Waals surface area contributed by atoms with Gasteiger partial charge in [0.15, 0.2) is 0 Å². The Kier molecular flexibility index (Phi) is 7.61. The highest BCUT2D eigenvalue weighted by Gasteiger charge is 2.26. The summed E-state index contributed by atoms with van der Waals surface area (Å²) in [6.45, 7) is 4.81. The van der Waals surface area contributed by atoms with Crippen LogP contribution in [0, 0.1) is 5.82 Å². The number of nitrogens with one attached hydrogen (secondary N) is 2. The van der Waals surface area contributed by atoms with Crippen molar-refractivity contribution in [2.24, 2.45) is 0 Å². The molecule has 0 saturated carbocycles. The van der Waals surface area contributed by atoms with Gasteiger partial charge in [0.05, 0.1) is 7.11 Å². The minimum atomic E-state index is -0.898. The molecule has 1 aromatic carbocycles. The predicted octanol–water partition coefficient (Wildman–Crippen LogP) is 1.11. The van der Waals surface area contributed by atoms with Gasteiger partial charge in [-0.05, 0) is 24.1 Å². The fourth-order valence-electron chi connectivity index (χ4n) is 2.11. The zero-order valence-electron chi connectivity index (χ0n) is 13.7. The quantitative estimate of drug-likeness (QED) is 0.550. The van der Waals surface area contributed by atoms with Gasteiger partial charge in [0.1, 0.15) is 17.9 Å². The van der Waals surface area contributed by atoms with E-state index in [2.05, 4.69) is 21.9 Å². The van der Waals surface area contributed by atoms with Crippen molar-refractivity contribution in [3.8, 4) is 0 Å². The highest BCUT2D eigenvalue weighted by molar-refractivity contribution is 5.90. The molecule has 0 spiro atoms. The average molecular weight is 336 g/mol. The molecule has 7 heteroatoms. The summed E-state index contributed by atoms with van der Waals surface area (Å²) in [6.07, 6.45) is 1.84. The van der Waals surface area contributed by atoms with Crippen LogP contribution in [0.3, 0.4) is 0 Å². The third-order valence-electron chi connectivity index (χ3n) is 3.25. The van der Waals surface area contributed by atoms with Crippen LogP contribution in [0.2, 0.25) is 0 Å². The summed E-state index contributed by atoms with van der Waals surface area (Å²) >= 11 is 0. The van der Waals surface area contributed by atoms with E-state index < -0.39 is 35.7 Å². The average Bonchev–Trinajstić information content (AvgIpc) is 2.54. The molecule has 2 amide bonds. The van der Waals surface area contributed by atoms with Crippen molar-refractivity contribution in [1.29, 1.82) is 0 Å². The van der Waals surface area contributed by atoms with Gasteiger partial charge in [-0.25, -0.2) is 9.18 Å². The number of carbonyl (C=O) groups is 3. The Morgan fingerprint density at radius 3 is 2.33 bits per heavy atom. The first-order valence-corrected chi connectivity index (χ1v) is 7.38. The molecule has 0 unspecified atom stereocenters. The van der Waals surface area contributed by atoms with Crippen LogP contribution < -0.4 is 10.6 Å². The lowest BCUT2D eigenvalue weighted by Crippen LogP contribution is -2.52. The molecular formula is C17H21FN2O4. The molecule has 0 aliphatic heterocycles. The van der Waals surface area contributed by atoms with Crippen LogP contribution in [0.1, 0.15) is 18.9 Å². The van der Waals surface area contributed by atoms with Crippen LogP contribution in [0.15, 0.2) is 36.9 Å². The molecule has 0 radical (unpaired) electrons. The second-order valence-electron chi connectivity index (χ2n) is 5.19. The normalized spacial score (nSPS) is 12.6. The van der Waals surface area contributed by atoms with Crippen molar-refractivity contribution in [2.45, 2.75) is 31.8 Å². The maximum atomic E-state index is 13.0. The Morgan fingerprint density at radius 2 is 1.83 bits per heavy atom. The van der Waals surface area contributed by atoms with E-state index in [9.17, 15) is 18.8 Å². The molecule has 0 aromatic heterocycles. The van der Waals surface area contributed by atoms with Crippen LogP contribution in [0.4, 0.5) is 4.39 Å². The Balaban J connectivity index is 2.86. The van der Waals surface area contributed by atoms with E-state index in [-0.39, 0.29) is 12.8 Å². The number of halogens is 1. The number of ether oxygens (including phenoxy) is 1. The summed E-state index contributed by atoms with van der Waals surface area (Å²) in [4.78, 5) is 35.4. The molecule has 6 nitrogen and oxygen atoms in total. The van der Waals surface area contributed by atoms with Gasteiger partial charge >= 0.3 is 5.97 Å². The van der Waals surface area contributed by atoms with Gasteiger partial charge in [-0.15, -0.1) is 6.58 Å². The monoisotopic (exact) mass is 336 g/mol. The lowest BCUT2D eigenvalue weighted by Gasteiger charge is -2.21. The Hall–Kier alpha value is -2.70. The van der Waals surface area contributed by atoms with Gasteiger partial charge < -0.3 is 15.4 Å². The first kappa shape index (κ1) is 19.3. The zero-order valence-corrected chi connectivity index (χ0v) is 13.7. The summed E-state index contributed by atoms with van der Waals surface area (Å²) in [7, 11) is 1.22. The standard InChI is InChI=1S/C17H21FN2O4/c1-4-5-14(17(23)24-3)20-16(22)15(19-11(2)21)10-12-6-8-13(18)9-7-12/h4,6-9,14-15H,1,5,10H2,2-3H3,(H,19,21)(H,20,22)/t14-,15+/m1/s1. The number of amides is 2. The summed E-state index contributed by atoms with van der Waals surface area (Å²) in [5.41, 5.74) is 0.670. The Morgan fingerprint density at radius 1 is 1.21 bits per heavy atom. The number of rotatable bonds is 8. The molecule has 2 atom stereocenters. The van der Waals surface area contributed by atoms with E-state index in [1.165, 1.54) is 44.4 Å². The number of esters is 1. The molecule has 0 aliphatic carbocycles. The molecule has 0 aliphatic rings. The van der Waals surface area contributed by atoms with Crippen LogP contribution in [-0.4, -0.2) is 37.0 Å². The SMILES string of the molecule is C=CC[C@@H](NC(=O)[C@H](Cc1ccc(F)cc1)NC(C)=O)C(=O)OC. The molecule has 0 fully saturated rings. The van der Waals surface area contributed by atoms with Gasteiger partial charge in [-0.2, -0.15) is 0 Å². The van der Waals surface area contributed by atoms with E-state index in [0.717, 1.165) is 0 Å². The van der Waals surface area contributed by atoms with Crippen molar-refractivity contribution in [3.05, 3.63) is 48.3 Å². The maximum Gasteiger partial charge on any atom is 0.328 e. The van der Waals surface area contributed by atoms with E-state index in [1.54, 1.807) is 0 Å². The summed E-state index contributed by atoms with van der Waals surface area (Å²) in [5.74, 6) is -1.93. The van der Waals surface area contributed by atoms with Gasteiger partial charge in [-0.1, -0.05) is 18.2 Å². The van der Waals surface area contributed by atoms with Gasteiger partial charge in [0.25, 0.3) is 0 Å². The molecule has 0 heterocycles. The van der Waals surface area contributed by atoms with Crippen LogP contribution in [0.25, 0.3) is 0 Å². The molecular weight excluding hydrogens is 315 g/mol. The highest BCUT2D eigenvalue weighted by Crippen LogP contribution is 2.07. The van der Waals surface area contributed by atoms with Crippen molar-refractivity contribution in [1.82, 2.24) is 10.6 Å². The largest absolute Gasteiger partial charge is 0.467 e. The second kappa shape index (κ2) is 9.44. The highest BCUT2D eigenvalue weighted by atomic mass is 19.1. The zero-order chi connectivity index (χ0) is 18.1. The van der Waals surface area contributed by atoms with Crippen LogP contribution in [-0.2, 0) is 25.5 Å². The number of carbonyl (C=O) groups excluding carboxylic acids is 3. The number of benzene rings is 1. The minimum absolute atomic E-state index is 0.160.